The average Bonchev–Trinajstić information content (AvgIpc) is 2.21. The van der Waals surface area contributed by atoms with Gasteiger partial charge in [0.05, 0.1) is 11.4 Å². The predicted molar refractivity (Wildman–Crippen MR) is 65.0 cm³/mol. The largest absolute Gasteiger partial charge is 0.508 e. The number of nitrogens with zero attached hydrogens (tertiary/aromatic N) is 1. The molecule has 0 aliphatic heterocycles. The minimum absolute atomic E-state index is 0.232. The van der Waals surface area contributed by atoms with Gasteiger partial charge in [-0.3, -0.25) is 4.99 Å². The summed E-state index contributed by atoms with van der Waals surface area (Å²) in [7, 11) is 0. The molecule has 0 aliphatic rings. The Hall–Kier alpha value is -1.51. The topological polar surface area (TPSA) is 58.6 Å². The first-order valence-corrected chi connectivity index (χ1v) is 5.32. The van der Waals surface area contributed by atoms with Crippen LogP contribution in [0.4, 0.5) is 11.4 Å². The number of aliphatic imine (C=N–C) groups is 1. The van der Waals surface area contributed by atoms with Gasteiger partial charge in [-0.15, -0.1) is 0 Å². The van der Waals surface area contributed by atoms with Crippen molar-refractivity contribution in [1.29, 1.82) is 0 Å². The minimum atomic E-state index is 0.232. The molecule has 0 atom stereocenters. The molecular weight excluding hydrogens is 188 g/mol. The summed E-state index contributed by atoms with van der Waals surface area (Å²) in [4.78, 5) is 4.22. The minimum Gasteiger partial charge on any atom is -0.508 e. The molecule has 0 saturated carbocycles. The highest BCUT2D eigenvalue weighted by atomic mass is 16.3. The van der Waals surface area contributed by atoms with Gasteiger partial charge in [0.15, 0.2) is 0 Å². The molecule has 0 saturated heterocycles. The Morgan fingerprint density at radius 1 is 1.40 bits per heavy atom. The Bertz CT molecular complexity index is 359. The molecule has 0 heterocycles. The van der Waals surface area contributed by atoms with Crippen molar-refractivity contribution in [2.24, 2.45) is 4.99 Å². The lowest BCUT2D eigenvalue weighted by atomic mass is 10.1. The van der Waals surface area contributed by atoms with Crippen LogP contribution >= 0.6 is 0 Å². The van der Waals surface area contributed by atoms with E-state index in [1.165, 1.54) is 0 Å². The van der Waals surface area contributed by atoms with E-state index >= 15 is 0 Å². The summed E-state index contributed by atoms with van der Waals surface area (Å²) in [5.41, 5.74) is 8.27. The van der Waals surface area contributed by atoms with E-state index in [1.54, 1.807) is 18.3 Å². The molecule has 82 valence electrons. The molecule has 15 heavy (non-hydrogen) atoms. The first kappa shape index (κ1) is 11.6. The van der Waals surface area contributed by atoms with Crippen LogP contribution < -0.4 is 5.73 Å². The standard InChI is InChI=1S/C12H18N2O/c1-3-5-9-7-10(15)8-11(12(9)13)14-6-4-2/h6-8,15H,3-5,13H2,1-2H3/b14-6-. The molecular formula is C12H18N2O. The maximum absolute atomic E-state index is 9.51. The van der Waals surface area contributed by atoms with E-state index in [9.17, 15) is 5.11 Å². The zero-order valence-electron chi connectivity index (χ0n) is 9.33. The number of benzene rings is 1. The SMILES string of the molecule is CC/C=N\c1cc(O)cc(CCC)c1N. The van der Waals surface area contributed by atoms with Gasteiger partial charge in [-0.05, 0) is 24.5 Å². The first-order valence-electron chi connectivity index (χ1n) is 5.32. The number of hydrogen-bond acceptors (Lipinski definition) is 3. The quantitative estimate of drug-likeness (QED) is 0.452. The van der Waals surface area contributed by atoms with E-state index in [4.69, 9.17) is 5.73 Å². The second-order valence-corrected chi connectivity index (χ2v) is 3.51. The number of phenols is 1. The number of phenolic OH excluding ortho intramolecular Hbond substituents is 1. The Kier molecular flexibility index (Phi) is 4.16. The maximum atomic E-state index is 9.51. The zero-order chi connectivity index (χ0) is 11.3. The summed E-state index contributed by atoms with van der Waals surface area (Å²) >= 11 is 0. The molecule has 0 fully saturated rings. The van der Waals surface area contributed by atoms with Crippen molar-refractivity contribution in [2.75, 3.05) is 5.73 Å². The molecule has 1 aromatic carbocycles. The van der Waals surface area contributed by atoms with Gasteiger partial charge in [-0.25, -0.2) is 0 Å². The molecule has 0 spiro atoms. The van der Waals surface area contributed by atoms with Crippen molar-refractivity contribution >= 4 is 17.6 Å². The smallest absolute Gasteiger partial charge is 0.118 e. The van der Waals surface area contributed by atoms with Gasteiger partial charge in [-0.2, -0.15) is 0 Å². The van der Waals surface area contributed by atoms with Gasteiger partial charge in [0.2, 0.25) is 0 Å². The molecule has 0 amide bonds. The number of nitrogen functional groups attached to an aromatic ring is 1. The molecule has 3 heteroatoms. The van der Waals surface area contributed by atoms with Gasteiger partial charge in [0.1, 0.15) is 5.75 Å². The maximum Gasteiger partial charge on any atom is 0.118 e. The molecule has 0 unspecified atom stereocenters. The lowest BCUT2D eigenvalue weighted by molar-refractivity contribution is 0.475. The van der Waals surface area contributed by atoms with Gasteiger partial charge < -0.3 is 10.8 Å². The van der Waals surface area contributed by atoms with E-state index in [0.717, 1.165) is 24.8 Å². The highest BCUT2D eigenvalue weighted by Crippen LogP contribution is 2.31. The fourth-order valence-electron chi connectivity index (χ4n) is 1.45. The number of aryl methyl sites for hydroxylation is 1. The van der Waals surface area contributed by atoms with Crippen LogP contribution in [0.2, 0.25) is 0 Å². The van der Waals surface area contributed by atoms with Crippen molar-refractivity contribution in [3.63, 3.8) is 0 Å². The van der Waals surface area contributed by atoms with Crippen LogP contribution in [0.1, 0.15) is 32.3 Å². The van der Waals surface area contributed by atoms with Crippen LogP contribution in [-0.4, -0.2) is 11.3 Å². The molecule has 3 N–H and O–H groups in total. The van der Waals surface area contributed by atoms with Crippen LogP contribution in [0.15, 0.2) is 17.1 Å². The Balaban J connectivity index is 3.09. The third-order valence-electron chi connectivity index (χ3n) is 2.16. The highest BCUT2D eigenvalue weighted by Gasteiger charge is 2.05. The van der Waals surface area contributed by atoms with Gasteiger partial charge >= 0.3 is 0 Å². The first-order chi connectivity index (χ1) is 7.19. The monoisotopic (exact) mass is 206 g/mol. The fraction of sp³-hybridized carbons (Fsp3) is 0.417. The zero-order valence-corrected chi connectivity index (χ0v) is 9.33. The second-order valence-electron chi connectivity index (χ2n) is 3.51. The van der Waals surface area contributed by atoms with Crippen molar-refractivity contribution in [1.82, 2.24) is 0 Å². The third kappa shape index (κ3) is 2.98. The number of hydrogen-bond donors (Lipinski definition) is 2. The summed E-state index contributed by atoms with van der Waals surface area (Å²) in [6, 6.07) is 3.31. The van der Waals surface area contributed by atoms with Crippen molar-refractivity contribution in [3.8, 4) is 5.75 Å². The van der Waals surface area contributed by atoms with Crippen LogP contribution in [0.5, 0.6) is 5.75 Å². The predicted octanol–water partition coefficient (Wildman–Crippen LogP) is 3.04. The van der Waals surface area contributed by atoms with Gasteiger partial charge in [0, 0.05) is 12.3 Å². The van der Waals surface area contributed by atoms with E-state index in [2.05, 4.69) is 11.9 Å². The highest BCUT2D eigenvalue weighted by molar-refractivity contribution is 5.74. The number of aromatic hydroxyl groups is 1. The number of nitrogens with two attached hydrogens (primary N) is 1. The van der Waals surface area contributed by atoms with Crippen molar-refractivity contribution in [2.45, 2.75) is 33.1 Å². The normalized spacial score (nSPS) is 11.1. The molecule has 1 rings (SSSR count). The summed E-state index contributed by atoms with van der Waals surface area (Å²) in [5, 5.41) is 9.51. The summed E-state index contributed by atoms with van der Waals surface area (Å²) in [5.74, 6) is 0.232. The van der Waals surface area contributed by atoms with Gasteiger partial charge in [-0.1, -0.05) is 20.3 Å². The Morgan fingerprint density at radius 3 is 2.73 bits per heavy atom. The van der Waals surface area contributed by atoms with E-state index in [-0.39, 0.29) is 5.75 Å². The second kappa shape index (κ2) is 5.39. The van der Waals surface area contributed by atoms with E-state index in [0.29, 0.717) is 11.4 Å². The van der Waals surface area contributed by atoms with Crippen LogP contribution in [-0.2, 0) is 6.42 Å². The molecule has 0 radical (unpaired) electrons. The average molecular weight is 206 g/mol. The van der Waals surface area contributed by atoms with Crippen LogP contribution in [0, 0.1) is 0 Å². The van der Waals surface area contributed by atoms with Crippen LogP contribution in [0.3, 0.4) is 0 Å². The third-order valence-corrected chi connectivity index (χ3v) is 2.16. The fourth-order valence-corrected chi connectivity index (χ4v) is 1.45. The molecule has 0 bridgehead atoms. The van der Waals surface area contributed by atoms with Crippen molar-refractivity contribution < 1.29 is 5.11 Å². The summed E-state index contributed by atoms with van der Waals surface area (Å²) < 4.78 is 0. The van der Waals surface area contributed by atoms with Crippen LogP contribution in [0.25, 0.3) is 0 Å². The van der Waals surface area contributed by atoms with E-state index < -0.39 is 0 Å². The summed E-state index contributed by atoms with van der Waals surface area (Å²) in [6.07, 6.45) is 4.53. The Labute approximate surface area is 90.7 Å². The molecule has 0 aromatic heterocycles. The lowest BCUT2D eigenvalue weighted by Crippen LogP contribution is -1.94. The molecule has 0 aliphatic carbocycles. The Morgan fingerprint density at radius 2 is 2.13 bits per heavy atom. The lowest BCUT2D eigenvalue weighted by Gasteiger charge is -2.08. The van der Waals surface area contributed by atoms with Gasteiger partial charge in [0.25, 0.3) is 0 Å². The molecule has 3 nitrogen and oxygen atoms in total. The van der Waals surface area contributed by atoms with Crippen molar-refractivity contribution in [3.05, 3.63) is 17.7 Å². The van der Waals surface area contributed by atoms with E-state index in [1.807, 2.05) is 6.92 Å². The number of anilines is 1. The number of rotatable bonds is 4. The molecule has 1 aromatic rings. The summed E-state index contributed by atoms with van der Waals surface area (Å²) in [6.45, 7) is 4.09.